The summed E-state index contributed by atoms with van der Waals surface area (Å²) in [5, 5.41) is 13.2. The highest BCUT2D eigenvalue weighted by molar-refractivity contribution is 7.18. The van der Waals surface area contributed by atoms with Crippen LogP contribution >= 0.6 is 35.3 Å². The number of nitrogens with zero attached hydrogens (tertiary/aromatic N) is 2. The number of carbonyl (C=O) groups is 1. The van der Waals surface area contributed by atoms with Crippen LogP contribution < -0.4 is 10.7 Å². The zero-order valence-corrected chi connectivity index (χ0v) is 21.4. The summed E-state index contributed by atoms with van der Waals surface area (Å²) in [5.74, 6) is -0.383. The number of halogens is 2. The second kappa shape index (κ2) is 13.1. The Morgan fingerprint density at radius 3 is 2.55 bits per heavy atom. The van der Waals surface area contributed by atoms with E-state index in [4.69, 9.17) is 16.7 Å². The van der Waals surface area contributed by atoms with E-state index in [0.29, 0.717) is 36.3 Å². The van der Waals surface area contributed by atoms with Crippen LogP contribution in [0.1, 0.15) is 41.1 Å². The van der Waals surface area contributed by atoms with Crippen molar-refractivity contribution in [2.45, 2.75) is 39.8 Å². The van der Waals surface area contributed by atoms with Crippen molar-refractivity contribution in [3.8, 4) is 0 Å². The lowest BCUT2D eigenvalue weighted by Gasteiger charge is -2.19. The number of aliphatic hydroxyl groups excluding tert-OH is 1. The summed E-state index contributed by atoms with van der Waals surface area (Å²) < 4.78 is 2.03. The molecule has 3 rings (SSSR count). The van der Waals surface area contributed by atoms with E-state index >= 15 is 0 Å². The number of thiophene rings is 1. The zero-order valence-electron chi connectivity index (χ0n) is 19.0. The Kier molecular flexibility index (Phi) is 10.9. The number of pyridine rings is 1. The summed E-state index contributed by atoms with van der Waals surface area (Å²) in [6.07, 6.45) is 3.05. The number of rotatable bonds is 11. The fourth-order valence-electron chi connectivity index (χ4n) is 3.60. The summed E-state index contributed by atoms with van der Waals surface area (Å²) >= 11 is 7.49. The Labute approximate surface area is 209 Å². The Bertz CT molecular complexity index is 1110. The Morgan fingerprint density at radius 1 is 1.21 bits per heavy atom. The van der Waals surface area contributed by atoms with Gasteiger partial charge in [0.05, 0.1) is 5.39 Å². The molecule has 2 heterocycles. The zero-order chi connectivity index (χ0) is 23.1. The van der Waals surface area contributed by atoms with E-state index in [2.05, 4.69) is 24.1 Å². The van der Waals surface area contributed by atoms with Crippen LogP contribution in [0, 0.1) is 0 Å². The number of benzene rings is 1. The van der Waals surface area contributed by atoms with E-state index in [9.17, 15) is 9.59 Å². The van der Waals surface area contributed by atoms with Gasteiger partial charge in [0, 0.05) is 42.3 Å². The van der Waals surface area contributed by atoms with Crippen LogP contribution in [0.25, 0.3) is 10.2 Å². The molecule has 1 amide bonds. The van der Waals surface area contributed by atoms with Gasteiger partial charge in [0.2, 0.25) is 5.43 Å². The van der Waals surface area contributed by atoms with Gasteiger partial charge in [-0.05, 0) is 49.7 Å². The molecular weight excluding hydrogens is 481 g/mol. The molecule has 0 saturated heterocycles. The summed E-state index contributed by atoms with van der Waals surface area (Å²) in [6, 6.07) is 9.12. The Hall–Kier alpha value is -1.90. The maximum atomic E-state index is 13.2. The minimum atomic E-state index is -0.383. The quantitative estimate of drug-likeness (QED) is 0.401. The highest BCUT2D eigenvalue weighted by Crippen LogP contribution is 2.25. The van der Waals surface area contributed by atoms with Crippen LogP contribution in [0.15, 0.2) is 41.3 Å². The third kappa shape index (κ3) is 7.04. The van der Waals surface area contributed by atoms with Crippen molar-refractivity contribution in [1.82, 2.24) is 14.8 Å². The molecule has 180 valence electrons. The van der Waals surface area contributed by atoms with Crippen molar-refractivity contribution < 1.29 is 9.90 Å². The van der Waals surface area contributed by atoms with E-state index < -0.39 is 0 Å². The minimum Gasteiger partial charge on any atom is -0.396 e. The number of aliphatic hydroxyl groups is 1. The van der Waals surface area contributed by atoms with Crippen LogP contribution in [-0.4, -0.2) is 46.7 Å². The molecular formula is C24H31Cl2N3O3S. The first-order chi connectivity index (χ1) is 15.5. The Morgan fingerprint density at radius 2 is 1.91 bits per heavy atom. The molecule has 33 heavy (non-hydrogen) atoms. The van der Waals surface area contributed by atoms with Crippen LogP contribution in [-0.2, 0) is 19.5 Å². The van der Waals surface area contributed by atoms with E-state index in [1.807, 2.05) is 22.8 Å². The van der Waals surface area contributed by atoms with E-state index in [1.54, 1.807) is 29.7 Å². The maximum absolute atomic E-state index is 13.2. The molecule has 0 saturated carbocycles. The van der Waals surface area contributed by atoms with Gasteiger partial charge in [-0.2, -0.15) is 0 Å². The molecule has 0 aliphatic carbocycles. The van der Waals surface area contributed by atoms with E-state index in [-0.39, 0.29) is 35.9 Å². The second-order valence-corrected chi connectivity index (χ2v) is 9.21. The topological polar surface area (TPSA) is 74.6 Å². The molecule has 9 heteroatoms. The number of hydrogen-bond donors (Lipinski definition) is 2. The fraction of sp³-hybridized carbons (Fsp3) is 0.417. The average Bonchev–Trinajstić information content (AvgIpc) is 3.24. The molecule has 0 bridgehead atoms. The van der Waals surface area contributed by atoms with Crippen LogP contribution in [0.5, 0.6) is 0 Å². The minimum absolute atomic E-state index is 0. The van der Waals surface area contributed by atoms with Crippen molar-refractivity contribution in [2.75, 3.05) is 26.2 Å². The van der Waals surface area contributed by atoms with Crippen LogP contribution in [0.4, 0.5) is 0 Å². The van der Waals surface area contributed by atoms with Gasteiger partial charge < -0.3 is 19.9 Å². The van der Waals surface area contributed by atoms with Gasteiger partial charge in [-0.3, -0.25) is 9.59 Å². The number of nitrogens with one attached hydrogen (secondary N) is 1. The molecule has 0 aliphatic heterocycles. The number of likely N-dealkylation sites (N-methyl/N-ethyl adjacent to an activating group) is 1. The standard InChI is InChI=1S/C24H30ClN3O3S.ClH/c1-3-27(4-2)11-12-28-16-21(23(31)26-15-17-7-9-18(25)10-8-17)22(30)20-14-19(6-5-13-29)32-24(20)28;/h7-10,14,16,29H,3-6,11-13,15H2,1-2H3,(H,26,31);1H. The number of carbonyl (C=O) groups excluding carboxylic acids is 1. The predicted molar refractivity (Wildman–Crippen MR) is 139 cm³/mol. The normalized spacial score (nSPS) is 11.1. The smallest absolute Gasteiger partial charge is 0.257 e. The molecule has 2 N–H and O–H groups in total. The van der Waals surface area contributed by atoms with Crippen molar-refractivity contribution in [3.05, 3.63) is 67.8 Å². The molecule has 0 unspecified atom stereocenters. The lowest BCUT2D eigenvalue weighted by molar-refractivity contribution is 0.0949. The second-order valence-electron chi connectivity index (χ2n) is 7.66. The van der Waals surface area contributed by atoms with Crippen LogP contribution in [0.2, 0.25) is 5.02 Å². The Balaban J connectivity index is 0.00000385. The molecule has 0 spiro atoms. The van der Waals surface area contributed by atoms with Crippen molar-refractivity contribution >= 4 is 51.5 Å². The molecule has 2 aromatic heterocycles. The van der Waals surface area contributed by atoms with Gasteiger partial charge in [0.25, 0.3) is 5.91 Å². The monoisotopic (exact) mass is 511 g/mol. The first kappa shape index (κ1) is 27.3. The summed E-state index contributed by atoms with van der Waals surface area (Å²) in [6.45, 7) is 8.09. The highest BCUT2D eigenvalue weighted by Gasteiger charge is 2.18. The fourth-order valence-corrected chi connectivity index (χ4v) is 4.92. The highest BCUT2D eigenvalue weighted by atomic mass is 35.5. The van der Waals surface area contributed by atoms with Crippen molar-refractivity contribution in [1.29, 1.82) is 0 Å². The molecule has 0 fully saturated rings. The summed E-state index contributed by atoms with van der Waals surface area (Å²) in [7, 11) is 0. The third-order valence-corrected chi connectivity index (χ3v) is 7.03. The molecule has 0 aliphatic rings. The molecule has 1 aromatic carbocycles. The van der Waals surface area contributed by atoms with Crippen LogP contribution in [0.3, 0.4) is 0 Å². The summed E-state index contributed by atoms with van der Waals surface area (Å²) in [4.78, 5) is 30.3. The molecule has 0 atom stereocenters. The number of aryl methyl sites for hydroxylation is 1. The molecule has 3 aromatic rings. The van der Waals surface area contributed by atoms with Gasteiger partial charge in [0.15, 0.2) is 0 Å². The molecule has 6 nitrogen and oxygen atoms in total. The number of fused-ring (bicyclic) bond motifs is 1. The van der Waals surface area contributed by atoms with E-state index in [1.165, 1.54) is 0 Å². The first-order valence-corrected chi connectivity index (χ1v) is 12.2. The van der Waals surface area contributed by atoms with Crippen molar-refractivity contribution in [3.63, 3.8) is 0 Å². The van der Waals surface area contributed by atoms with Gasteiger partial charge in [-0.15, -0.1) is 23.7 Å². The predicted octanol–water partition coefficient (Wildman–Crippen LogP) is 4.33. The van der Waals surface area contributed by atoms with E-state index in [0.717, 1.165) is 34.9 Å². The van der Waals surface area contributed by atoms with Crippen molar-refractivity contribution in [2.24, 2.45) is 0 Å². The van der Waals surface area contributed by atoms with Gasteiger partial charge in [0.1, 0.15) is 10.4 Å². The molecule has 0 radical (unpaired) electrons. The lowest BCUT2D eigenvalue weighted by atomic mass is 10.1. The van der Waals surface area contributed by atoms with Gasteiger partial charge >= 0.3 is 0 Å². The largest absolute Gasteiger partial charge is 0.396 e. The number of hydrogen-bond acceptors (Lipinski definition) is 5. The number of amides is 1. The number of aromatic nitrogens is 1. The maximum Gasteiger partial charge on any atom is 0.257 e. The summed E-state index contributed by atoms with van der Waals surface area (Å²) in [5.41, 5.74) is 0.809. The SMILES string of the molecule is CCN(CC)CCn1cc(C(=O)NCc2ccc(Cl)cc2)c(=O)c2cc(CCCO)sc21.Cl. The lowest BCUT2D eigenvalue weighted by Crippen LogP contribution is -2.31. The average molecular weight is 513 g/mol. The first-order valence-electron chi connectivity index (χ1n) is 11.0. The third-order valence-electron chi connectivity index (χ3n) is 5.54. The van der Waals surface area contributed by atoms with Gasteiger partial charge in [-0.1, -0.05) is 37.6 Å². The van der Waals surface area contributed by atoms with Gasteiger partial charge in [-0.25, -0.2) is 0 Å².